The van der Waals surface area contributed by atoms with E-state index in [1.807, 2.05) is 6.92 Å². The van der Waals surface area contributed by atoms with E-state index >= 15 is 0 Å². The van der Waals surface area contributed by atoms with Crippen molar-refractivity contribution >= 4 is 5.84 Å². The van der Waals surface area contributed by atoms with Crippen molar-refractivity contribution in [3.63, 3.8) is 0 Å². The summed E-state index contributed by atoms with van der Waals surface area (Å²) in [6, 6.07) is 4.50. The number of morpholine rings is 1. The van der Waals surface area contributed by atoms with Crippen molar-refractivity contribution in [1.29, 1.82) is 0 Å². The summed E-state index contributed by atoms with van der Waals surface area (Å²) >= 11 is 0. The third kappa shape index (κ3) is 3.90. The molecule has 0 aliphatic carbocycles. The van der Waals surface area contributed by atoms with Crippen LogP contribution in [0.3, 0.4) is 0 Å². The molecule has 21 heavy (non-hydrogen) atoms. The largest absolute Gasteiger partial charge is 0.409 e. The average molecular weight is 297 g/mol. The first kappa shape index (κ1) is 15.7. The third-order valence-electron chi connectivity index (χ3n) is 3.58. The van der Waals surface area contributed by atoms with Gasteiger partial charge in [0.05, 0.1) is 19.3 Å². The lowest BCUT2D eigenvalue weighted by molar-refractivity contribution is -0.0805. The maximum atomic E-state index is 13.6. The average Bonchev–Trinajstić information content (AvgIpc) is 2.48. The van der Waals surface area contributed by atoms with Gasteiger partial charge in [-0.2, -0.15) is 0 Å². The first-order valence-electron chi connectivity index (χ1n) is 6.77. The van der Waals surface area contributed by atoms with E-state index in [9.17, 15) is 9.50 Å². The molecule has 2 atom stereocenters. The van der Waals surface area contributed by atoms with Gasteiger partial charge in [-0.3, -0.25) is 4.90 Å². The van der Waals surface area contributed by atoms with Gasteiger partial charge in [0.15, 0.2) is 5.84 Å². The number of hydrogen-bond donors (Lipinski definition) is 3. The topological polar surface area (TPSA) is 91.3 Å². The van der Waals surface area contributed by atoms with Crippen LogP contribution in [0.15, 0.2) is 23.4 Å². The van der Waals surface area contributed by atoms with Crippen LogP contribution in [0.5, 0.6) is 0 Å². The van der Waals surface area contributed by atoms with Crippen molar-refractivity contribution in [3.8, 4) is 0 Å². The van der Waals surface area contributed by atoms with Crippen LogP contribution < -0.4 is 5.73 Å². The molecule has 6 nitrogen and oxygen atoms in total. The Hall–Kier alpha value is -1.70. The summed E-state index contributed by atoms with van der Waals surface area (Å²) in [5.41, 5.74) is 6.57. The molecule has 0 bridgehead atoms. The molecule has 2 rings (SSSR count). The Kier molecular flexibility index (Phi) is 5.11. The minimum atomic E-state index is -0.436. The van der Waals surface area contributed by atoms with Crippen molar-refractivity contribution in [2.45, 2.75) is 25.6 Å². The second-order valence-corrected chi connectivity index (χ2v) is 5.25. The molecule has 1 aliphatic rings. The molecule has 7 heteroatoms. The Morgan fingerprint density at radius 2 is 2.29 bits per heavy atom. The van der Waals surface area contributed by atoms with Crippen LogP contribution >= 0.6 is 0 Å². The molecule has 0 aromatic heterocycles. The van der Waals surface area contributed by atoms with Gasteiger partial charge in [-0.1, -0.05) is 5.16 Å². The van der Waals surface area contributed by atoms with Gasteiger partial charge < -0.3 is 20.8 Å². The van der Waals surface area contributed by atoms with Gasteiger partial charge >= 0.3 is 0 Å². The zero-order valence-corrected chi connectivity index (χ0v) is 11.9. The molecule has 4 N–H and O–H groups in total. The summed E-state index contributed by atoms with van der Waals surface area (Å²) < 4.78 is 19.1. The maximum absolute atomic E-state index is 13.6. The number of aliphatic hydroxyl groups excluding tert-OH is 1. The Balaban J connectivity index is 2.16. The Morgan fingerprint density at radius 3 is 2.95 bits per heavy atom. The molecule has 1 saturated heterocycles. The highest BCUT2D eigenvalue weighted by Gasteiger charge is 2.25. The van der Waals surface area contributed by atoms with Crippen LogP contribution in [0.25, 0.3) is 0 Å². The first-order chi connectivity index (χ1) is 10.0. The molecule has 1 aromatic carbocycles. The van der Waals surface area contributed by atoms with Crippen molar-refractivity contribution < 1.29 is 19.4 Å². The molecule has 1 aliphatic heterocycles. The second kappa shape index (κ2) is 6.84. The SMILES string of the molecule is CC1COC(CO)CN1Cc1cc(F)cc(/C(N)=N/O)c1. The minimum absolute atomic E-state index is 0.0399. The number of halogens is 1. The monoisotopic (exact) mass is 297 g/mol. The van der Waals surface area contributed by atoms with Crippen LogP contribution in [0.1, 0.15) is 18.1 Å². The normalized spacial score (nSPS) is 24.2. The summed E-state index contributed by atoms with van der Waals surface area (Å²) in [6.07, 6.45) is -0.224. The summed E-state index contributed by atoms with van der Waals surface area (Å²) in [5.74, 6) is -0.562. The number of amidine groups is 1. The summed E-state index contributed by atoms with van der Waals surface area (Å²) in [7, 11) is 0. The molecular formula is C14H20FN3O3. The van der Waals surface area contributed by atoms with E-state index in [0.29, 0.717) is 25.3 Å². The molecule has 1 heterocycles. The summed E-state index contributed by atoms with van der Waals surface area (Å²) in [6.45, 7) is 3.57. The van der Waals surface area contributed by atoms with Gasteiger partial charge in [0.2, 0.25) is 0 Å². The lowest BCUT2D eigenvalue weighted by atomic mass is 10.1. The van der Waals surface area contributed by atoms with E-state index in [2.05, 4.69) is 10.1 Å². The van der Waals surface area contributed by atoms with E-state index in [0.717, 1.165) is 5.56 Å². The highest BCUT2D eigenvalue weighted by Crippen LogP contribution is 2.17. The highest BCUT2D eigenvalue weighted by molar-refractivity contribution is 5.97. The lowest BCUT2D eigenvalue weighted by Crippen LogP contribution is -2.48. The van der Waals surface area contributed by atoms with Crippen molar-refractivity contribution in [2.75, 3.05) is 19.8 Å². The van der Waals surface area contributed by atoms with Gasteiger partial charge in [-0.25, -0.2) is 4.39 Å². The molecule has 2 unspecified atom stereocenters. The molecule has 0 radical (unpaired) electrons. The van der Waals surface area contributed by atoms with E-state index < -0.39 is 5.82 Å². The Morgan fingerprint density at radius 1 is 1.52 bits per heavy atom. The standard InChI is InChI=1S/C14H20FN3O3/c1-9-8-21-13(7-19)6-18(9)5-10-2-11(14(16)17-20)4-12(15)3-10/h2-4,9,13,19-20H,5-8H2,1H3,(H2,16,17). The van der Waals surface area contributed by atoms with Gasteiger partial charge in [0.1, 0.15) is 5.82 Å². The number of rotatable bonds is 4. The molecule has 116 valence electrons. The quantitative estimate of drug-likeness (QED) is 0.326. The fourth-order valence-electron chi connectivity index (χ4n) is 2.39. The number of hydrogen-bond acceptors (Lipinski definition) is 5. The molecule has 0 spiro atoms. The molecule has 0 amide bonds. The number of benzene rings is 1. The molecule has 1 fully saturated rings. The number of ether oxygens (including phenoxy) is 1. The zero-order valence-electron chi connectivity index (χ0n) is 11.9. The fraction of sp³-hybridized carbons (Fsp3) is 0.500. The summed E-state index contributed by atoms with van der Waals surface area (Å²) in [5, 5.41) is 20.8. The highest BCUT2D eigenvalue weighted by atomic mass is 19.1. The van der Waals surface area contributed by atoms with E-state index in [1.165, 1.54) is 12.1 Å². The molecular weight excluding hydrogens is 277 g/mol. The van der Waals surface area contributed by atoms with E-state index in [4.69, 9.17) is 15.7 Å². The summed E-state index contributed by atoms with van der Waals surface area (Å²) in [4.78, 5) is 2.11. The van der Waals surface area contributed by atoms with Gasteiger partial charge in [-0.15, -0.1) is 0 Å². The van der Waals surface area contributed by atoms with E-state index in [1.54, 1.807) is 6.07 Å². The number of nitrogens with zero attached hydrogens (tertiary/aromatic N) is 2. The molecule has 0 saturated carbocycles. The van der Waals surface area contributed by atoms with Gasteiger partial charge in [-0.05, 0) is 30.7 Å². The Labute approximate surface area is 122 Å². The lowest BCUT2D eigenvalue weighted by Gasteiger charge is -2.37. The minimum Gasteiger partial charge on any atom is -0.409 e. The smallest absolute Gasteiger partial charge is 0.170 e. The maximum Gasteiger partial charge on any atom is 0.170 e. The number of nitrogens with two attached hydrogens (primary N) is 1. The van der Waals surface area contributed by atoms with Crippen molar-refractivity contribution in [1.82, 2.24) is 4.90 Å². The molecule has 1 aromatic rings. The van der Waals surface area contributed by atoms with Crippen molar-refractivity contribution in [2.24, 2.45) is 10.9 Å². The second-order valence-electron chi connectivity index (χ2n) is 5.25. The number of aliphatic hydroxyl groups is 1. The van der Waals surface area contributed by atoms with Gasteiger partial charge in [0, 0.05) is 24.7 Å². The van der Waals surface area contributed by atoms with Gasteiger partial charge in [0.25, 0.3) is 0 Å². The van der Waals surface area contributed by atoms with Crippen LogP contribution in [-0.4, -0.2) is 53.0 Å². The predicted molar refractivity (Wildman–Crippen MR) is 75.6 cm³/mol. The Bertz CT molecular complexity index is 524. The van der Waals surface area contributed by atoms with Crippen molar-refractivity contribution in [3.05, 3.63) is 35.1 Å². The first-order valence-corrected chi connectivity index (χ1v) is 6.77. The zero-order chi connectivity index (χ0) is 15.4. The number of oxime groups is 1. The van der Waals surface area contributed by atoms with Crippen LogP contribution in [0.2, 0.25) is 0 Å². The van der Waals surface area contributed by atoms with Crippen LogP contribution in [0.4, 0.5) is 4.39 Å². The third-order valence-corrected chi connectivity index (χ3v) is 3.58. The van der Waals surface area contributed by atoms with Crippen LogP contribution in [-0.2, 0) is 11.3 Å². The predicted octanol–water partition coefficient (Wildman–Crippen LogP) is 0.502. The van der Waals surface area contributed by atoms with E-state index in [-0.39, 0.29) is 24.6 Å². The van der Waals surface area contributed by atoms with Crippen LogP contribution in [0, 0.1) is 5.82 Å². The fourth-order valence-corrected chi connectivity index (χ4v) is 2.39.